The van der Waals surface area contributed by atoms with Gasteiger partial charge < -0.3 is 10.1 Å². The summed E-state index contributed by atoms with van der Waals surface area (Å²) in [4.78, 5) is 28.3. The molecule has 0 saturated heterocycles. The Morgan fingerprint density at radius 2 is 1.89 bits per heavy atom. The van der Waals surface area contributed by atoms with Gasteiger partial charge in [-0.15, -0.1) is 0 Å². The molecule has 5 nitrogen and oxygen atoms in total. The molecule has 140 valence electrons. The van der Waals surface area contributed by atoms with Gasteiger partial charge in [-0.25, -0.2) is 9.78 Å². The first-order chi connectivity index (χ1) is 13.7. The van der Waals surface area contributed by atoms with Gasteiger partial charge in [-0.1, -0.05) is 30.3 Å². The summed E-state index contributed by atoms with van der Waals surface area (Å²) >= 11 is 0. The predicted octanol–water partition coefficient (Wildman–Crippen LogP) is 3.92. The van der Waals surface area contributed by atoms with E-state index in [1.54, 1.807) is 6.08 Å². The lowest BCUT2D eigenvalue weighted by atomic mass is 10.1. The van der Waals surface area contributed by atoms with Crippen LogP contribution in [0.25, 0.3) is 17.0 Å². The number of benzene rings is 2. The Labute approximate surface area is 163 Å². The zero-order valence-electron chi connectivity index (χ0n) is 15.4. The van der Waals surface area contributed by atoms with Crippen LogP contribution < -0.4 is 5.32 Å². The van der Waals surface area contributed by atoms with Crippen molar-refractivity contribution in [2.45, 2.75) is 19.3 Å². The second-order valence-electron chi connectivity index (χ2n) is 6.76. The molecule has 28 heavy (non-hydrogen) atoms. The molecule has 0 bridgehead atoms. The third-order valence-corrected chi connectivity index (χ3v) is 4.74. The standard InChI is InChI=1S/C23H20N2O3/c26-22(25-20-11-8-16-5-3-6-18(16)14-20)15-28-23(27)13-12-19-10-9-17-4-1-2-7-21(17)24-19/h1-2,4,7-14H,3,5-6,15H2,(H,25,26). The fourth-order valence-corrected chi connectivity index (χ4v) is 3.36. The van der Waals surface area contributed by atoms with Gasteiger partial charge in [0.1, 0.15) is 0 Å². The van der Waals surface area contributed by atoms with E-state index in [1.807, 2.05) is 54.6 Å². The number of ether oxygens (including phenoxy) is 1. The molecule has 0 saturated carbocycles. The molecular formula is C23H20N2O3. The van der Waals surface area contributed by atoms with E-state index < -0.39 is 5.97 Å². The first-order valence-electron chi connectivity index (χ1n) is 9.30. The molecule has 0 radical (unpaired) electrons. The van der Waals surface area contributed by atoms with Crippen LogP contribution in [-0.2, 0) is 27.2 Å². The van der Waals surface area contributed by atoms with Crippen LogP contribution in [0.2, 0.25) is 0 Å². The van der Waals surface area contributed by atoms with E-state index >= 15 is 0 Å². The van der Waals surface area contributed by atoms with E-state index in [0.717, 1.165) is 35.9 Å². The zero-order chi connectivity index (χ0) is 19.3. The number of pyridine rings is 1. The number of nitrogens with one attached hydrogen (secondary N) is 1. The Morgan fingerprint density at radius 3 is 2.82 bits per heavy atom. The molecule has 1 heterocycles. The highest BCUT2D eigenvalue weighted by Crippen LogP contribution is 2.24. The second-order valence-corrected chi connectivity index (χ2v) is 6.76. The number of rotatable bonds is 5. The minimum absolute atomic E-state index is 0.328. The van der Waals surface area contributed by atoms with Crippen molar-refractivity contribution in [3.05, 3.63) is 77.5 Å². The average Bonchev–Trinajstić information content (AvgIpc) is 3.18. The summed E-state index contributed by atoms with van der Waals surface area (Å²) < 4.78 is 5.01. The number of carbonyl (C=O) groups is 2. The highest BCUT2D eigenvalue weighted by molar-refractivity contribution is 5.94. The van der Waals surface area contributed by atoms with Crippen molar-refractivity contribution < 1.29 is 14.3 Å². The normalized spacial score (nSPS) is 12.9. The summed E-state index contributed by atoms with van der Waals surface area (Å²) in [5, 5.41) is 3.80. The van der Waals surface area contributed by atoms with Gasteiger partial charge in [-0.05, 0) is 60.7 Å². The summed E-state index contributed by atoms with van der Waals surface area (Å²) in [7, 11) is 0. The lowest BCUT2D eigenvalue weighted by Crippen LogP contribution is -2.20. The molecule has 0 atom stereocenters. The van der Waals surface area contributed by atoms with Crippen molar-refractivity contribution in [1.82, 2.24) is 4.98 Å². The van der Waals surface area contributed by atoms with Crippen molar-refractivity contribution in [3.63, 3.8) is 0 Å². The third-order valence-electron chi connectivity index (χ3n) is 4.74. The van der Waals surface area contributed by atoms with Crippen LogP contribution in [0.15, 0.2) is 60.7 Å². The second kappa shape index (κ2) is 8.05. The van der Waals surface area contributed by atoms with E-state index in [1.165, 1.54) is 17.2 Å². The fraction of sp³-hybridized carbons (Fsp3) is 0.174. The van der Waals surface area contributed by atoms with Gasteiger partial charge in [0.15, 0.2) is 6.61 Å². The molecule has 2 aromatic carbocycles. The number of nitrogens with zero attached hydrogens (tertiary/aromatic N) is 1. The molecule has 0 spiro atoms. The van der Waals surface area contributed by atoms with Crippen LogP contribution in [0, 0.1) is 0 Å². The number of fused-ring (bicyclic) bond motifs is 2. The number of carbonyl (C=O) groups excluding carboxylic acids is 2. The molecular weight excluding hydrogens is 352 g/mol. The van der Waals surface area contributed by atoms with Gasteiger partial charge in [-0.3, -0.25) is 4.79 Å². The summed E-state index contributed by atoms with van der Waals surface area (Å²) in [5.74, 6) is -0.942. The maximum Gasteiger partial charge on any atom is 0.331 e. The van der Waals surface area contributed by atoms with Gasteiger partial charge in [0.05, 0.1) is 11.2 Å². The maximum atomic E-state index is 12.0. The first-order valence-corrected chi connectivity index (χ1v) is 9.30. The van der Waals surface area contributed by atoms with Crippen LogP contribution in [0.4, 0.5) is 5.69 Å². The van der Waals surface area contributed by atoms with Crippen molar-refractivity contribution >= 4 is 34.5 Å². The Bertz CT molecular complexity index is 1070. The highest BCUT2D eigenvalue weighted by atomic mass is 16.5. The SMILES string of the molecule is O=C(COC(=O)C=Cc1ccc2ccccc2n1)Nc1ccc2c(c1)CCC2. The third kappa shape index (κ3) is 4.26. The molecule has 1 N–H and O–H groups in total. The monoisotopic (exact) mass is 372 g/mol. The topological polar surface area (TPSA) is 68.3 Å². The molecule has 0 unspecified atom stereocenters. The number of hydrogen-bond acceptors (Lipinski definition) is 4. The largest absolute Gasteiger partial charge is 0.452 e. The van der Waals surface area contributed by atoms with Gasteiger partial charge in [0, 0.05) is 17.1 Å². The number of anilines is 1. The van der Waals surface area contributed by atoms with E-state index in [2.05, 4.69) is 10.3 Å². The maximum absolute atomic E-state index is 12.0. The minimum Gasteiger partial charge on any atom is -0.452 e. The summed E-state index contributed by atoms with van der Waals surface area (Å²) in [6.07, 6.45) is 6.15. The molecule has 1 aliphatic carbocycles. The van der Waals surface area contributed by atoms with E-state index in [0.29, 0.717) is 5.69 Å². The Morgan fingerprint density at radius 1 is 1.04 bits per heavy atom. The lowest BCUT2D eigenvalue weighted by molar-refractivity contribution is -0.142. The number of para-hydroxylation sites is 1. The molecule has 3 aromatic rings. The zero-order valence-corrected chi connectivity index (χ0v) is 15.4. The van der Waals surface area contributed by atoms with Crippen LogP contribution >= 0.6 is 0 Å². The lowest BCUT2D eigenvalue weighted by Gasteiger charge is -2.07. The summed E-state index contributed by atoms with van der Waals surface area (Å²) in [6.45, 7) is -0.328. The molecule has 1 aromatic heterocycles. The molecule has 0 aliphatic heterocycles. The van der Waals surface area contributed by atoms with Crippen LogP contribution in [-0.4, -0.2) is 23.5 Å². The Balaban J connectivity index is 1.29. The van der Waals surface area contributed by atoms with Crippen LogP contribution in [0.3, 0.4) is 0 Å². The quantitative estimate of drug-likeness (QED) is 0.544. The van der Waals surface area contributed by atoms with Crippen LogP contribution in [0.1, 0.15) is 23.2 Å². The number of hydrogen-bond donors (Lipinski definition) is 1. The van der Waals surface area contributed by atoms with Gasteiger partial charge in [0.25, 0.3) is 5.91 Å². The smallest absolute Gasteiger partial charge is 0.331 e. The Kier molecular flexibility index (Phi) is 5.15. The highest BCUT2D eigenvalue weighted by Gasteiger charge is 2.12. The summed E-state index contributed by atoms with van der Waals surface area (Å²) in [5.41, 5.74) is 4.86. The number of aromatic nitrogens is 1. The molecule has 0 fully saturated rings. The number of esters is 1. The Hall–Kier alpha value is -3.47. The number of aryl methyl sites for hydroxylation is 2. The molecule has 5 heteroatoms. The fourth-order valence-electron chi connectivity index (χ4n) is 3.36. The van der Waals surface area contributed by atoms with Gasteiger partial charge in [-0.2, -0.15) is 0 Å². The number of amides is 1. The van der Waals surface area contributed by atoms with Gasteiger partial charge >= 0.3 is 5.97 Å². The van der Waals surface area contributed by atoms with Crippen molar-refractivity contribution in [2.75, 3.05) is 11.9 Å². The van der Waals surface area contributed by atoms with Crippen molar-refractivity contribution in [3.8, 4) is 0 Å². The van der Waals surface area contributed by atoms with E-state index in [9.17, 15) is 9.59 Å². The van der Waals surface area contributed by atoms with Crippen molar-refractivity contribution in [1.29, 1.82) is 0 Å². The molecule has 1 aliphatic rings. The van der Waals surface area contributed by atoms with E-state index in [4.69, 9.17) is 4.74 Å². The van der Waals surface area contributed by atoms with Crippen LogP contribution in [0.5, 0.6) is 0 Å². The molecule has 1 amide bonds. The predicted molar refractivity (Wildman–Crippen MR) is 109 cm³/mol. The first kappa shape index (κ1) is 17.9. The summed E-state index contributed by atoms with van der Waals surface area (Å²) in [6, 6.07) is 17.4. The van der Waals surface area contributed by atoms with E-state index in [-0.39, 0.29) is 12.5 Å². The minimum atomic E-state index is -0.584. The van der Waals surface area contributed by atoms with Crippen molar-refractivity contribution in [2.24, 2.45) is 0 Å². The average molecular weight is 372 g/mol. The molecule has 4 rings (SSSR count). The van der Waals surface area contributed by atoms with Gasteiger partial charge in [0.2, 0.25) is 0 Å².